The van der Waals surface area contributed by atoms with Gasteiger partial charge in [0.1, 0.15) is 11.8 Å². The third-order valence-electron chi connectivity index (χ3n) is 5.00. The second-order valence-electron chi connectivity index (χ2n) is 6.97. The molecule has 1 saturated heterocycles. The van der Waals surface area contributed by atoms with E-state index in [1.807, 2.05) is 24.3 Å². The fourth-order valence-corrected chi connectivity index (χ4v) is 5.26. The monoisotopic (exact) mass is 436 g/mol. The lowest BCUT2D eigenvalue weighted by Crippen LogP contribution is -2.46. The van der Waals surface area contributed by atoms with E-state index in [4.69, 9.17) is 16.3 Å². The van der Waals surface area contributed by atoms with Crippen molar-refractivity contribution >= 4 is 27.5 Å². The number of halogens is 1. The van der Waals surface area contributed by atoms with E-state index < -0.39 is 16.1 Å². The van der Waals surface area contributed by atoms with Gasteiger partial charge in [-0.15, -0.1) is 0 Å². The molecule has 1 atom stereocenters. The molecule has 0 aliphatic carbocycles. The summed E-state index contributed by atoms with van der Waals surface area (Å²) in [6.45, 7) is 0.828. The lowest BCUT2D eigenvalue weighted by molar-refractivity contribution is -0.124. The van der Waals surface area contributed by atoms with Gasteiger partial charge < -0.3 is 10.1 Å². The number of carbonyl (C=O) groups is 1. The SMILES string of the molecule is COc1cccc(CCCNC(=O)[C@@H]2CCCN2S(=O)(=O)c2ccc(Cl)cc2)c1. The van der Waals surface area contributed by atoms with E-state index in [0.29, 0.717) is 31.0 Å². The van der Waals surface area contributed by atoms with Crippen molar-refractivity contribution in [3.8, 4) is 5.75 Å². The van der Waals surface area contributed by atoms with Crippen molar-refractivity contribution in [2.24, 2.45) is 0 Å². The largest absolute Gasteiger partial charge is 0.497 e. The van der Waals surface area contributed by atoms with Crippen LogP contribution in [-0.4, -0.2) is 44.9 Å². The Hall–Kier alpha value is -2.09. The minimum Gasteiger partial charge on any atom is -0.497 e. The molecule has 29 heavy (non-hydrogen) atoms. The molecule has 6 nitrogen and oxygen atoms in total. The maximum atomic E-state index is 12.9. The summed E-state index contributed by atoms with van der Waals surface area (Å²) in [5, 5.41) is 3.36. The fraction of sp³-hybridized carbons (Fsp3) is 0.381. The normalized spacial score (nSPS) is 17.2. The number of rotatable bonds is 8. The third-order valence-corrected chi connectivity index (χ3v) is 7.18. The van der Waals surface area contributed by atoms with Crippen molar-refractivity contribution in [2.45, 2.75) is 36.6 Å². The van der Waals surface area contributed by atoms with Crippen LogP contribution in [0.4, 0.5) is 0 Å². The molecule has 0 unspecified atom stereocenters. The lowest BCUT2D eigenvalue weighted by Gasteiger charge is -2.23. The number of hydrogen-bond acceptors (Lipinski definition) is 4. The quantitative estimate of drug-likeness (QED) is 0.644. The summed E-state index contributed by atoms with van der Waals surface area (Å²) >= 11 is 5.85. The van der Waals surface area contributed by atoms with Gasteiger partial charge in [-0.3, -0.25) is 4.79 Å². The highest BCUT2D eigenvalue weighted by Crippen LogP contribution is 2.27. The molecule has 0 aromatic heterocycles. The van der Waals surface area contributed by atoms with Crippen molar-refractivity contribution in [2.75, 3.05) is 20.2 Å². The summed E-state index contributed by atoms with van der Waals surface area (Å²) in [5.74, 6) is 0.561. The standard InChI is InChI=1S/C21H25ClN2O4S/c1-28-18-7-2-5-16(15-18)6-3-13-23-21(25)20-8-4-14-24(20)29(26,27)19-11-9-17(22)10-12-19/h2,5,7,9-12,15,20H,3-4,6,8,13-14H2,1H3,(H,23,25)/t20-/m0/s1. The highest BCUT2D eigenvalue weighted by atomic mass is 35.5. The molecule has 1 N–H and O–H groups in total. The minimum atomic E-state index is -3.73. The van der Waals surface area contributed by atoms with Crippen molar-refractivity contribution in [3.63, 3.8) is 0 Å². The van der Waals surface area contributed by atoms with Gasteiger partial charge in [-0.2, -0.15) is 4.31 Å². The highest BCUT2D eigenvalue weighted by molar-refractivity contribution is 7.89. The molecule has 1 aliphatic heterocycles. The van der Waals surface area contributed by atoms with Crippen LogP contribution in [0.15, 0.2) is 53.4 Å². The van der Waals surface area contributed by atoms with Crippen LogP contribution in [0.2, 0.25) is 5.02 Å². The zero-order valence-electron chi connectivity index (χ0n) is 16.3. The van der Waals surface area contributed by atoms with E-state index in [9.17, 15) is 13.2 Å². The maximum absolute atomic E-state index is 12.9. The molecule has 1 amide bonds. The Labute approximate surface area is 176 Å². The minimum absolute atomic E-state index is 0.152. The Kier molecular flexibility index (Phi) is 7.16. The Morgan fingerprint density at radius 1 is 1.24 bits per heavy atom. The number of benzene rings is 2. The van der Waals surface area contributed by atoms with Crippen LogP contribution < -0.4 is 10.1 Å². The van der Waals surface area contributed by atoms with Crippen molar-refractivity contribution < 1.29 is 17.9 Å². The van der Waals surface area contributed by atoms with Crippen LogP contribution in [0.1, 0.15) is 24.8 Å². The smallest absolute Gasteiger partial charge is 0.243 e. The zero-order chi connectivity index (χ0) is 20.9. The number of methoxy groups -OCH3 is 1. The highest BCUT2D eigenvalue weighted by Gasteiger charge is 2.39. The van der Waals surface area contributed by atoms with Gasteiger partial charge in [-0.1, -0.05) is 23.7 Å². The Morgan fingerprint density at radius 3 is 2.72 bits per heavy atom. The van der Waals surface area contributed by atoms with Gasteiger partial charge in [0.25, 0.3) is 0 Å². The van der Waals surface area contributed by atoms with Crippen LogP contribution in [0.25, 0.3) is 0 Å². The first-order chi connectivity index (χ1) is 13.9. The van der Waals surface area contributed by atoms with Gasteiger partial charge in [0.2, 0.25) is 15.9 Å². The van der Waals surface area contributed by atoms with Crippen molar-refractivity contribution in [1.29, 1.82) is 0 Å². The van der Waals surface area contributed by atoms with E-state index in [-0.39, 0.29) is 10.8 Å². The second kappa shape index (κ2) is 9.61. The summed E-state index contributed by atoms with van der Waals surface area (Å²) in [7, 11) is -2.10. The molecule has 2 aromatic carbocycles. The first kappa shape index (κ1) is 21.6. The molecule has 8 heteroatoms. The van der Waals surface area contributed by atoms with Gasteiger partial charge in [0.05, 0.1) is 12.0 Å². The number of hydrogen-bond donors (Lipinski definition) is 1. The third kappa shape index (κ3) is 5.29. The lowest BCUT2D eigenvalue weighted by atomic mass is 10.1. The number of ether oxygens (including phenoxy) is 1. The fourth-order valence-electron chi connectivity index (χ4n) is 3.48. The number of sulfonamides is 1. The number of amides is 1. The number of nitrogens with zero attached hydrogens (tertiary/aromatic N) is 1. The summed E-state index contributed by atoms with van der Waals surface area (Å²) in [5.41, 5.74) is 1.13. The summed E-state index contributed by atoms with van der Waals surface area (Å²) in [6, 6.07) is 13.2. The van der Waals surface area contributed by atoms with Crippen LogP contribution >= 0.6 is 11.6 Å². The summed E-state index contributed by atoms with van der Waals surface area (Å²) in [4.78, 5) is 12.8. The molecule has 156 valence electrons. The zero-order valence-corrected chi connectivity index (χ0v) is 17.9. The molecule has 1 aliphatic rings. The van der Waals surface area contributed by atoms with E-state index in [1.54, 1.807) is 7.11 Å². The number of nitrogens with one attached hydrogen (secondary N) is 1. The molecular weight excluding hydrogens is 412 g/mol. The van der Waals surface area contributed by atoms with Gasteiger partial charge in [0.15, 0.2) is 0 Å². The van der Waals surface area contributed by atoms with E-state index in [1.165, 1.54) is 28.6 Å². The van der Waals surface area contributed by atoms with E-state index >= 15 is 0 Å². The Bertz CT molecular complexity index is 947. The van der Waals surface area contributed by atoms with Gasteiger partial charge in [-0.25, -0.2) is 8.42 Å². The first-order valence-corrected chi connectivity index (χ1v) is 11.4. The average Bonchev–Trinajstić information content (AvgIpc) is 3.22. The van der Waals surface area contributed by atoms with Crippen molar-refractivity contribution in [3.05, 3.63) is 59.1 Å². The van der Waals surface area contributed by atoms with E-state index in [0.717, 1.165) is 24.2 Å². The van der Waals surface area contributed by atoms with Crippen LogP contribution in [0.3, 0.4) is 0 Å². The Balaban J connectivity index is 1.56. The molecule has 1 heterocycles. The molecule has 0 saturated carbocycles. The predicted molar refractivity (Wildman–Crippen MR) is 113 cm³/mol. The maximum Gasteiger partial charge on any atom is 0.243 e. The van der Waals surface area contributed by atoms with Gasteiger partial charge in [0, 0.05) is 18.1 Å². The molecular formula is C21H25ClN2O4S. The van der Waals surface area contributed by atoms with Gasteiger partial charge in [-0.05, 0) is 67.6 Å². The molecule has 0 radical (unpaired) electrons. The number of carbonyl (C=O) groups excluding carboxylic acids is 1. The Morgan fingerprint density at radius 2 is 2.00 bits per heavy atom. The van der Waals surface area contributed by atoms with Crippen LogP contribution in [0, 0.1) is 0 Å². The average molecular weight is 437 g/mol. The molecule has 1 fully saturated rings. The van der Waals surface area contributed by atoms with Gasteiger partial charge >= 0.3 is 0 Å². The second-order valence-corrected chi connectivity index (χ2v) is 9.30. The van der Waals surface area contributed by atoms with Crippen LogP contribution in [0.5, 0.6) is 5.75 Å². The molecule has 2 aromatic rings. The molecule has 0 spiro atoms. The summed E-state index contributed by atoms with van der Waals surface area (Å²) in [6.07, 6.45) is 2.74. The first-order valence-electron chi connectivity index (χ1n) is 9.60. The van der Waals surface area contributed by atoms with Crippen molar-refractivity contribution in [1.82, 2.24) is 9.62 Å². The van der Waals surface area contributed by atoms with E-state index in [2.05, 4.69) is 5.32 Å². The topological polar surface area (TPSA) is 75.7 Å². The predicted octanol–water partition coefficient (Wildman–Crippen LogP) is 3.25. The van der Waals surface area contributed by atoms with Crippen LogP contribution in [-0.2, 0) is 21.2 Å². The number of aryl methyl sites for hydroxylation is 1. The molecule has 0 bridgehead atoms. The summed E-state index contributed by atoms with van der Waals surface area (Å²) < 4.78 is 32.4. The molecule has 3 rings (SSSR count).